The van der Waals surface area contributed by atoms with Crippen molar-refractivity contribution in [3.05, 3.63) is 186 Å². The molecule has 0 spiro atoms. The van der Waals surface area contributed by atoms with Crippen LogP contribution in [0.25, 0.3) is 22.1 Å². The number of amides is 1. The number of carboxylic acids is 2. The number of aryl methyl sites for hydroxylation is 6. The predicted molar refractivity (Wildman–Crippen MR) is 294 cm³/mol. The number of methoxy groups -OCH3 is 1. The summed E-state index contributed by atoms with van der Waals surface area (Å²) in [5.41, 5.74) is 19.9. The minimum absolute atomic E-state index is 0.0296. The predicted octanol–water partition coefficient (Wildman–Crippen LogP) is 10.3. The highest BCUT2D eigenvalue weighted by molar-refractivity contribution is 5.96. The van der Waals surface area contributed by atoms with Gasteiger partial charge in [0.05, 0.1) is 36.5 Å². The van der Waals surface area contributed by atoms with E-state index < -0.39 is 11.9 Å². The third-order valence-corrected chi connectivity index (χ3v) is 15.4. The Hall–Kier alpha value is -8.04. The highest BCUT2D eigenvalue weighted by atomic mass is 16.5. The van der Waals surface area contributed by atoms with Gasteiger partial charge in [0, 0.05) is 50.1 Å². The molecule has 0 saturated carbocycles. The fourth-order valence-electron chi connectivity index (χ4n) is 10.6. The maximum atomic E-state index is 13.4. The number of carbonyl (C=O) groups is 4. The van der Waals surface area contributed by atoms with E-state index in [0.29, 0.717) is 25.1 Å². The molecule has 0 bridgehead atoms. The van der Waals surface area contributed by atoms with E-state index in [1.165, 1.54) is 23.8 Å². The Morgan fingerprint density at radius 2 is 1.14 bits per heavy atom. The van der Waals surface area contributed by atoms with Crippen LogP contribution in [0.15, 0.2) is 97.1 Å². The van der Waals surface area contributed by atoms with E-state index in [9.17, 15) is 24.3 Å². The number of hydrogen-bond acceptors (Lipinski definition) is 10. The Bertz CT molecular complexity index is 3490. The Balaban J connectivity index is 0.000000172. The van der Waals surface area contributed by atoms with E-state index in [2.05, 4.69) is 82.3 Å². The molecule has 394 valence electrons. The molecule has 0 radical (unpaired) electrons. The number of nitrogens with zero attached hydrogens (tertiary/aromatic N) is 7. The lowest BCUT2D eigenvalue weighted by atomic mass is 9.83. The first-order valence-electron chi connectivity index (χ1n) is 26.1. The summed E-state index contributed by atoms with van der Waals surface area (Å²) in [5, 5.41) is 39.2. The average molecular weight is 1030 g/mol. The van der Waals surface area contributed by atoms with Crippen LogP contribution in [0.2, 0.25) is 0 Å². The van der Waals surface area contributed by atoms with E-state index in [1.54, 1.807) is 12.1 Å². The van der Waals surface area contributed by atoms with Crippen LogP contribution in [-0.4, -0.2) is 89.1 Å². The van der Waals surface area contributed by atoms with Crippen molar-refractivity contribution in [2.45, 2.75) is 119 Å². The fourth-order valence-corrected chi connectivity index (χ4v) is 10.6. The molecule has 2 aromatic heterocycles. The van der Waals surface area contributed by atoms with E-state index in [-0.39, 0.29) is 30.1 Å². The first-order valence-corrected chi connectivity index (χ1v) is 26.1. The molecule has 6 aromatic carbocycles. The zero-order valence-electron chi connectivity index (χ0n) is 45.0. The maximum absolute atomic E-state index is 13.4. The zero-order valence-corrected chi connectivity index (χ0v) is 45.0. The van der Waals surface area contributed by atoms with Crippen molar-refractivity contribution in [2.24, 2.45) is 0 Å². The van der Waals surface area contributed by atoms with Crippen LogP contribution in [0.5, 0.6) is 0 Å². The summed E-state index contributed by atoms with van der Waals surface area (Å²) in [4.78, 5) is 50.0. The maximum Gasteiger partial charge on any atom is 0.335 e. The molecule has 10 rings (SSSR count). The van der Waals surface area contributed by atoms with E-state index >= 15 is 0 Å². The summed E-state index contributed by atoms with van der Waals surface area (Å²) < 4.78 is 8.74. The lowest BCUT2D eigenvalue weighted by Crippen LogP contribution is -2.36. The highest BCUT2D eigenvalue weighted by Crippen LogP contribution is 2.37. The van der Waals surface area contributed by atoms with E-state index in [0.717, 1.165) is 128 Å². The normalized spacial score (nSPS) is 13.6. The van der Waals surface area contributed by atoms with Gasteiger partial charge >= 0.3 is 17.9 Å². The number of carbonyl (C=O) groups excluding carboxylic acids is 2. The third kappa shape index (κ3) is 11.4. The lowest BCUT2D eigenvalue weighted by molar-refractivity contribution is -0.141. The minimum Gasteiger partial charge on any atom is -0.481 e. The van der Waals surface area contributed by atoms with E-state index in [4.69, 9.17) is 9.84 Å². The first-order chi connectivity index (χ1) is 36.5. The van der Waals surface area contributed by atoms with Gasteiger partial charge in [0.2, 0.25) is 0 Å². The second-order valence-corrected chi connectivity index (χ2v) is 19.8. The number of hydrogen-bond donors (Lipinski definition) is 3. The van der Waals surface area contributed by atoms with Gasteiger partial charge < -0.3 is 25.2 Å². The van der Waals surface area contributed by atoms with Crippen molar-refractivity contribution >= 4 is 45.9 Å². The summed E-state index contributed by atoms with van der Waals surface area (Å²) in [5.74, 6) is -2.28. The number of fused-ring (bicyclic) bond motifs is 4. The van der Waals surface area contributed by atoms with Gasteiger partial charge in [-0.1, -0.05) is 83.2 Å². The van der Waals surface area contributed by atoms with Gasteiger partial charge in [-0.2, -0.15) is 0 Å². The van der Waals surface area contributed by atoms with Gasteiger partial charge in [-0.3, -0.25) is 14.4 Å². The standard InChI is InChI=1S/C30H32N4O3.C22H26N4O2.C9H10O2/c1-5-34-27-12-11-24(20(4)29(27)31-32-34)26(16-28(35)36)22-10-9-21-13-14-33(17-23(21)15-22)30(37)25-8-6-7-18(2)19(25)3;1-4-26-20-8-7-18(14(2)22(20)24-25-26)19(12-21(27)28-3)16-6-5-15-9-10-23-13-17(15)11-16;1-6-4-3-5-8(7(6)2)9(10)11/h6-12,15,26H,5,13-14,16-17H2,1-4H3,(H,35,36);5-8,11,19,23H,4,9-10,12-13H2,1-3H3;3-5H,1-2H3,(H,10,11). The second-order valence-electron chi connectivity index (χ2n) is 19.8. The van der Waals surface area contributed by atoms with Crippen molar-refractivity contribution in [3.63, 3.8) is 0 Å². The van der Waals surface area contributed by atoms with Crippen molar-refractivity contribution < 1.29 is 34.1 Å². The number of benzene rings is 6. The average Bonchev–Trinajstić information content (AvgIpc) is 4.07. The molecule has 0 aliphatic carbocycles. The SMILES string of the molecule is CCn1nnc2c(C)c(C(CC(=O)O)c3ccc4c(c3)CN(C(=O)c3cccc(C)c3C)CC4)ccc21.CCn1nnc2c(C)c(C(CC(=O)OC)c3ccc4c(c3)CNCC4)ccc21.Cc1cccc(C(=O)O)c1C. The lowest BCUT2D eigenvalue weighted by Gasteiger charge is -2.30. The largest absolute Gasteiger partial charge is 0.481 e. The number of carboxylic acid groups (broad SMARTS) is 2. The molecule has 15 nitrogen and oxygen atoms in total. The zero-order chi connectivity index (χ0) is 54.4. The van der Waals surface area contributed by atoms with Crippen molar-refractivity contribution in [1.29, 1.82) is 0 Å². The summed E-state index contributed by atoms with van der Waals surface area (Å²) in [6.07, 6.45) is 2.10. The van der Waals surface area contributed by atoms with Crippen LogP contribution in [0, 0.1) is 41.5 Å². The first kappa shape index (κ1) is 54.2. The monoisotopic (exact) mass is 1020 g/mol. The fraction of sp³-hybridized carbons (Fsp3) is 0.344. The smallest absolute Gasteiger partial charge is 0.335 e. The number of rotatable bonds is 12. The Kier molecular flexibility index (Phi) is 16.9. The summed E-state index contributed by atoms with van der Waals surface area (Å²) in [7, 11) is 1.44. The molecule has 8 aromatic rings. The number of nitrogens with one attached hydrogen (secondary N) is 1. The molecular weight excluding hydrogens is 957 g/mol. The topological polar surface area (TPSA) is 195 Å². The molecule has 76 heavy (non-hydrogen) atoms. The molecule has 0 fully saturated rings. The van der Waals surface area contributed by atoms with Gasteiger partial charge in [-0.25, -0.2) is 14.2 Å². The van der Waals surface area contributed by atoms with Gasteiger partial charge in [-0.15, -0.1) is 10.2 Å². The molecular formula is C61H68N8O7. The van der Waals surface area contributed by atoms with Crippen LogP contribution in [0.3, 0.4) is 0 Å². The van der Waals surface area contributed by atoms with Crippen LogP contribution in [0.4, 0.5) is 0 Å². The van der Waals surface area contributed by atoms with E-state index in [1.807, 2.05) is 98.3 Å². The molecule has 1 amide bonds. The number of ether oxygens (including phenoxy) is 1. The Morgan fingerprint density at radius 1 is 0.618 bits per heavy atom. The molecule has 0 saturated heterocycles. The highest BCUT2D eigenvalue weighted by Gasteiger charge is 2.28. The molecule has 3 N–H and O–H groups in total. The van der Waals surface area contributed by atoms with Crippen LogP contribution >= 0.6 is 0 Å². The van der Waals surface area contributed by atoms with Gasteiger partial charge in [0.25, 0.3) is 5.91 Å². The summed E-state index contributed by atoms with van der Waals surface area (Å²) >= 11 is 0. The number of aromatic nitrogens is 6. The van der Waals surface area contributed by atoms with Crippen molar-refractivity contribution in [3.8, 4) is 0 Å². The second kappa shape index (κ2) is 23.7. The van der Waals surface area contributed by atoms with Crippen molar-refractivity contribution in [1.82, 2.24) is 40.2 Å². The van der Waals surface area contributed by atoms with Crippen molar-refractivity contribution in [2.75, 3.05) is 20.2 Å². The molecule has 2 atom stereocenters. The summed E-state index contributed by atoms with van der Waals surface area (Å²) in [6, 6.07) is 32.1. The van der Waals surface area contributed by atoms with Crippen LogP contribution in [-0.2, 0) is 53.3 Å². The summed E-state index contributed by atoms with van der Waals surface area (Å²) in [6.45, 7) is 20.4. The molecule has 2 aliphatic rings. The van der Waals surface area contributed by atoms with Crippen LogP contribution in [0.1, 0.15) is 137 Å². The minimum atomic E-state index is -0.855. The Morgan fingerprint density at radius 3 is 1.67 bits per heavy atom. The number of aromatic carboxylic acids is 1. The molecule has 2 unspecified atom stereocenters. The molecule has 4 heterocycles. The van der Waals surface area contributed by atoms with Gasteiger partial charge in [0.1, 0.15) is 11.0 Å². The quantitative estimate of drug-likeness (QED) is 0.0982. The molecule has 15 heteroatoms. The Labute approximate surface area is 443 Å². The van der Waals surface area contributed by atoms with Crippen LogP contribution < -0.4 is 5.32 Å². The number of esters is 1. The third-order valence-electron chi connectivity index (χ3n) is 15.4. The molecule has 2 aliphatic heterocycles. The number of aliphatic carboxylic acids is 1. The van der Waals surface area contributed by atoms with Gasteiger partial charge in [0.15, 0.2) is 0 Å². The van der Waals surface area contributed by atoms with Gasteiger partial charge in [-0.05, 0) is 177 Å².